The molecule has 1 N–H and O–H groups in total. The SMILES string of the molecule is CC=CC=CC(=O)Nc1cc(Cl)ccc1N(C)C. The molecule has 0 saturated carbocycles. The second kappa shape index (κ2) is 6.87. The maximum atomic E-state index is 11.7. The number of anilines is 2. The number of nitrogens with zero attached hydrogens (tertiary/aromatic N) is 1. The van der Waals surface area contributed by atoms with Gasteiger partial charge in [0.05, 0.1) is 11.4 Å². The molecule has 1 aromatic rings. The summed E-state index contributed by atoms with van der Waals surface area (Å²) in [7, 11) is 3.82. The molecule has 0 atom stereocenters. The van der Waals surface area contributed by atoms with E-state index < -0.39 is 0 Å². The summed E-state index contributed by atoms with van der Waals surface area (Å²) >= 11 is 5.93. The predicted octanol–water partition coefficient (Wildman–Crippen LogP) is 3.48. The Bertz CT molecular complexity index is 479. The first-order valence-electron chi connectivity index (χ1n) is 5.62. The number of benzene rings is 1. The molecule has 0 bridgehead atoms. The average molecular weight is 265 g/mol. The molecule has 0 saturated heterocycles. The number of hydrogen-bond acceptors (Lipinski definition) is 2. The highest BCUT2D eigenvalue weighted by Gasteiger charge is 2.07. The Hall–Kier alpha value is -1.74. The normalized spacial score (nSPS) is 11.1. The molecule has 18 heavy (non-hydrogen) atoms. The fourth-order valence-electron chi connectivity index (χ4n) is 1.43. The number of amides is 1. The van der Waals surface area contributed by atoms with Crippen molar-refractivity contribution in [1.82, 2.24) is 0 Å². The molecule has 96 valence electrons. The zero-order valence-corrected chi connectivity index (χ0v) is 11.5. The zero-order valence-electron chi connectivity index (χ0n) is 10.8. The smallest absolute Gasteiger partial charge is 0.248 e. The van der Waals surface area contributed by atoms with Gasteiger partial charge in [0.25, 0.3) is 0 Å². The Morgan fingerprint density at radius 2 is 2.06 bits per heavy atom. The summed E-state index contributed by atoms with van der Waals surface area (Å²) in [5.41, 5.74) is 1.61. The van der Waals surface area contributed by atoms with Gasteiger partial charge >= 0.3 is 0 Å². The molecule has 3 nitrogen and oxygen atoms in total. The summed E-state index contributed by atoms with van der Waals surface area (Å²) in [4.78, 5) is 13.6. The first kappa shape index (κ1) is 14.3. The first-order valence-corrected chi connectivity index (χ1v) is 5.99. The summed E-state index contributed by atoms with van der Waals surface area (Å²) < 4.78 is 0. The Kier molecular flexibility index (Phi) is 5.46. The molecule has 0 heterocycles. The molecule has 1 aromatic carbocycles. The van der Waals surface area contributed by atoms with E-state index in [9.17, 15) is 4.79 Å². The fraction of sp³-hybridized carbons (Fsp3) is 0.214. The van der Waals surface area contributed by atoms with E-state index in [4.69, 9.17) is 11.6 Å². The van der Waals surface area contributed by atoms with Gasteiger partial charge in [-0.2, -0.15) is 0 Å². The molecule has 0 fully saturated rings. The van der Waals surface area contributed by atoms with Crippen LogP contribution in [0.15, 0.2) is 42.5 Å². The van der Waals surface area contributed by atoms with Crippen molar-refractivity contribution in [3.8, 4) is 0 Å². The summed E-state index contributed by atoms with van der Waals surface area (Å²) in [6.07, 6.45) is 6.81. The number of nitrogens with one attached hydrogen (secondary N) is 1. The number of allylic oxidation sites excluding steroid dienone is 3. The molecule has 0 radical (unpaired) electrons. The van der Waals surface area contributed by atoms with Gasteiger partial charge < -0.3 is 10.2 Å². The number of halogens is 1. The minimum absolute atomic E-state index is 0.182. The van der Waals surface area contributed by atoms with Crippen molar-refractivity contribution in [2.45, 2.75) is 6.92 Å². The molecule has 4 heteroatoms. The quantitative estimate of drug-likeness (QED) is 0.667. The minimum Gasteiger partial charge on any atom is -0.376 e. The molecule has 0 aliphatic carbocycles. The van der Waals surface area contributed by atoms with Gasteiger partial charge in [0.15, 0.2) is 0 Å². The second-order valence-corrected chi connectivity index (χ2v) is 4.37. The monoisotopic (exact) mass is 264 g/mol. The molecular formula is C14H17ClN2O. The highest BCUT2D eigenvalue weighted by Crippen LogP contribution is 2.27. The van der Waals surface area contributed by atoms with E-state index in [1.54, 1.807) is 24.3 Å². The van der Waals surface area contributed by atoms with Crippen molar-refractivity contribution in [3.63, 3.8) is 0 Å². The van der Waals surface area contributed by atoms with Crippen molar-refractivity contribution in [3.05, 3.63) is 47.5 Å². The molecule has 1 amide bonds. The van der Waals surface area contributed by atoms with E-state index in [0.29, 0.717) is 10.7 Å². The maximum Gasteiger partial charge on any atom is 0.248 e. The topological polar surface area (TPSA) is 32.3 Å². The lowest BCUT2D eigenvalue weighted by molar-refractivity contribution is -0.111. The number of carbonyl (C=O) groups is 1. The minimum atomic E-state index is -0.182. The van der Waals surface area contributed by atoms with Crippen LogP contribution >= 0.6 is 11.6 Å². The van der Waals surface area contributed by atoms with Crippen LogP contribution in [0, 0.1) is 0 Å². The van der Waals surface area contributed by atoms with Crippen LogP contribution in [0.25, 0.3) is 0 Å². The highest BCUT2D eigenvalue weighted by atomic mass is 35.5. The number of hydrogen-bond donors (Lipinski definition) is 1. The van der Waals surface area contributed by atoms with Crippen LogP contribution in [0.3, 0.4) is 0 Å². The molecule has 0 aliphatic heterocycles. The molecule has 0 aliphatic rings. The van der Waals surface area contributed by atoms with Crippen LogP contribution in [-0.4, -0.2) is 20.0 Å². The standard InChI is InChI=1S/C14H17ClN2O/c1-4-5-6-7-14(18)16-12-10-11(15)8-9-13(12)17(2)3/h4-10H,1-3H3,(H,16,18). The zero-order chi connectivity index (χ0) is 13.5. The van der Waals surface area contributed by atoms with E-state index >= 15 is 0 Å². The van der Waals surface area contributed by atoms with Gasteiger partial charge in [-0.3, -0.25) is 4.79 Å². The van der Waals surface area contributed by atoms with Gasteiger partial charge in [0.1, 0.15) is 0 Å². The van der Waals surface area contributed by atoms with Crippen molar-refractivity contribution < 1.29 is 4.79 Å². The molecule has 0 spiro atoms. The van der Waals surface area contributed by atoms with Crippen molar-refractivity contribution in [1.29, 1.82) is 0 Å². The predicted molar refractivity (Wildman–Crippen MR) is 78.4 cm³/mol. The molecule has 1 rings (SSSR count). The molecular weight excluding hydrogens is 248 g/mol. The van der Waals surface area contributed by atoms with E-state index in [1.165, 1.54) is 6.08 Å². The second-order valence-electron chi connectivity index (χ2n) is 3.93. The Balaban J connectivity index is 2.89. The lowest BCUT2D eigenvalue weighted by Gasteiger charge is -2.17. The van der Waals surface area contributed by atoms with Gasteiger partial charge in [0, 0.05) is 25.2 Å². The van der Waals surface area contributed by atoms with Gasteiger partial charge in [-0.05, 0) is 25.1 Å². The van der Waals surface area contributed by atoms with Gasteiger partial charge in [-0.15, -0.1) is 0 Å². The molecule has 0 unspecified atom stereocenters. The van der Waals surface area contributed by atoms with E-state index in [0.717, 1.165) is 5.69 Å². The van der Waals surface area contributed by atoms with Crippen LogP contribution in [0.5, 0.6) is 0 Å². The first-order chi connectivity index (χ1) is 8.54. The van der Waals surface area contributed by atoms with Crippen LogP contribution < -0.4 is 10.2 Å². The summed E-state index contributed by atoms with van der Waals surface area (Å²) in [6.45, 7) is 1.89. The molecule has 0 aromatic heterocycles. The Morgan fingerprint density at radius 3 is 2.67 bits per heavy atom. The van der Waals surface area contributed by atoms with E-state index in [2.05, 4.69) is 5.32 Å². The van der Waals surface area contributed by atoms with E-state index in [1.807, 2.05) is 38.1 Å². The van der Waals surface area contributed by atoms with Crippen LogP contribution in [0.4, 0.5) is 11.4 Å². The maximum absolute atomic E-state index is 11.7. The largest absolute Gasteiger partial charge is 0.376 e. The third-order valence-electron chi connectivity index (χ3n) is 2.25. The average Bonchev–Trinajstić information content (AvgIpc) is 2.29. The third kappa shape index (κ3) is 4.26. The van der Waals surface area contributed by atoms with Crippen molar-refractivity contribution in [2.24, 2.45) is 0 Å². The third-order valence-corrected chi connectivity index (χ3v) is 2.48. The number of rotatable bonds is 4. The van der Waals surface area contributed by atoms with Crippen LogP contribution in [0.2, 0.25) is 5.02 Å². The van der Waals surface area contributed by atoms with Gasteiger partial charge in [-0.25, -0.2) is 0 Å². The van der Waals surface area contributed by atoms with E-state index in [-0.39, 0.29) is 5.91 Å². The van der Waals surface area contributed by atoms with Gasteiger partial charge in [0.2, 0.25) is 5.91 Å². The number of carbonyl (C=O) groups excluding carboxylic acids is 1. The van der Waals surface area contributed by atoms with Crippen molar-refractivity contribution in [2.75, 3.05) is 24.3 Å². The summed E-state index contributed by atoms with van der Waals surface area (Å²) in [6, 6.07) is 5.40. The van der Waals surface area contributed by atoms with Crippen LogP contribution in [-0.2, 0) is 4.79 Å². The summed E-state index contributed by atoms with van der Waals surface area (Å²) in [5, 5.41) is 3.40. The Morgan fingerprint density at radius 1 is 1.33 bits per heavy atom. The van der Waals surface area contributed by atoms with Crippen LogP contribution in [0.1, 0.15) is 6.92 Å². The van der Waals surface area contributed by atoms with Gasteiger partial charge in [-0.1, -0.05) is 29.8 Å². The Labute approximate surface area is 113 Å². The van der Waals surface area contributed by atoms with Crippen molar-refractivity contribution >= 4 is 28.9 Å². The highest BCUT2D eigenvalue weighted by molar-refractivity contribution is 6.31. The summed E-state index contributed by atoms with van der Waals surface area (Å²) in [5.74, 6) is -0.182. The lowest BCUT2D eigenvalue weighted by atomic mass is 10.2. The lowest BCUT2D eigenvalue weighted by Crippen LogP contribution is -2.15. The fourth-order valence-corrected chi connectivity index (χ4v) is 1.60.